The van der Waals surface area contributed by atoms with Crippen LogP contribution < -0.4 is 11.1 Å². The van der Waals surface area contributed by atoms with Crippen molar-refractivity contribution in [3.63, 3.8) is 0 Å². The van der Waals surface area contributed by atoms with Crippen LogP contribution in [0.3, 0.4) is 0 Å². The van der Waals surface area contributed by atoms with Crippen molar-refractivity contribution >= 4 is 29.0 Å². The predicted molar refractivity (Wildman–Crippen MR) is 70.5 cm³/mol. The van der Waals surface area contributed by atoms with Crippen LogP contribution in [0.2, 0.25) is 4.34 Å². The number of carbonyl (C=O) groups is 1. The van der Waals surface area contributed by atoms with E-state index < -0.39 is 11.7 Å². The van der Waals surface area contributed by atoms with E-state index in [0.29, 0.717) is 10.9 Å². The summed E-state index contributed by atoms with van der Waals surface area (Å²) >= 11 is 7.23. The topological polar surface area (TPSA) is 64.3 Å². The summed E-state index contributed by atoms with van der Waals surface area (Å²) < 4.78 is 5.84. The summed E-state index contributed by atoms with van der Waals surface area (Å²) in [4.78, 5) is 12.5. The number of nitrogens with one attached hydrogen (secondary N) is 1. The molecule has 0 bridgehead atoms. The van der Waals surface area contributed by atoms with Crippen LogP contribution in [0, 0.1) is 0 Å². The molecule has 0 saturated carbocycles. The molecule has 1 amide bonds. The predicted octanol–water partition coefficient (Wildman–Crippen LogP) is 2.93. The number of hydrogen-bond donors (Lipinski definition) is 2. The Bertz CT molecular complexity index is 387. The number of nitrogens with two attached hydrogens (primary N) is 1. The molecule has 6 heteroatoms. The largest absolute Gasteiger partial charge is 0.444 e. The van der Waals surface area contributed by atoms with Gasteiger partial charge in [0.15, 0.2) is 0 Å². The van der Waals surface area contributed by atoms with Gasteiger partial charge in [-0.3, -0.25) is 0 Å². The molecule has 1 rings (SSSR count). The van der Waals surface area contributed by atoms with E-state index in [1.165, 1.54) is 11.3 Å². The molecule has 0 radical (unpaired) electrons. The second kappa shape index (κ2) is 5.71. The smallest absolute Gasteiger partial charge is 0.408 e. The quantitative estimate of drug-likeness (QED) is 0.892. The SMILES string of the molecule is CC(C)(C)OC(=O)NC(CN)c1ccc(Cl)s1. The zero-order valence-electron chi connectivity index (χ0n) is 10.1. The van der Waals surface area contributed by atoms with Crippen molar-refractivity contribution in [2.45, 2.75) is 32.4 Å². The number of alkyl carbamates (subject to hydrolysis) is 1. The van der Waals surface area contributed by atoms with Crippen LogP contribution in [0.4, 0.5) is 4.79 Å². The van der Waals surface area contributed by atoms with Crippen LogP contribution in [0.1, 0.15) is 31.7 Å². The average Bonchev–Trinajstić information content (AvgIpc) is 2.58. The second-order valence-electron chi connectivity index (χ2n) is 4.58. The van der Waals surface area contributed by atoms with Gasteiger partial charge in [-0.2, -0.15) is 0 Å². The molecule has 17 heavy (non-hydrogen) atoms. The van der Waals surface area contributed by atoms with Gasteiger partial charge < -0.3 is 15.8 Å². The van der Waals surface area contributed by atoms with Crippen molar-refractivity contribution in [1.82, 2.24) is 5.32 Å². The number of rotatable bonds is 3. The molecular weight excluding hydrogens is 260 g/mol. The minimum atomic E-state index is -0.518. The van der Waals surface area contributed by atoms with E-state index in [1.807, 2.05) is 26.8 Å². The third-order valence-corrected chi connectivity index (χ3v) is 3.21. The van der Waals surface area contributed by atoms with Gasteiger partial charge in [0, 0.05) is 11.4 Å². The monoisotopic (exact) mass is 276 g/mol. The van der Waals surface area contributed by atoms with Crippen molar-refractivity contribution in [3.8, 4) is 0 Å². The van der Waals surface area contributed by atoms with Crippen LogP contribution in [-0.2, 0) is 4.74 Å². The summed E-state index contributed by atoms with van der Waals surface area (Å²) in [5.74, 6) is 0. The lowest BCUT2D eigenvalue weighted by Gasteiger charge is -2.22. The van der Waals surface area contributed by atoms with Crippen LogP contribution in [0.5, 0.6) is 0 Å². The summed E-state index contributed by atoms with van der Waals surface area (Å²) in [5, 5.41) is 2.72. The molecule has 1 aromatic heterocycles. The van der Waals surface area contributed by atoms with Crippen molar-refractivity contribution in [2.75, 3.05) is 6.54 Å². The zero-order valence-corrected chi connectivity index (χ0v) is 11.7. The fraction of sp³-hybridized carbons (Fsp3) is 0.545. The van der Waals surface area contributed by atoms with Crippen molar-refractivity contribution < 1.29 is 9.53 Å². The molecular formula is C11H17ClN2O2S. The van der Waals surface area contributed by atoms with E-state index >= 15 is 0 Å². The number of halogens is 1. The minimum absolute atomic E-state index is 0.262. The number of hydrogen-bond acceptors (Lipinski definition) is 4. The Morgan fingerprint density at radius 3 is 2.65 bits per heavy atom. The van der Waals surface area contributed by atoms with Gasteiger partial charge >= 0.3 is 6.09 Å². The van der Waals surface area contributed by atoms with Gasteiger partial charge in [-0.25, -0.2) is 4.79 Å². The first-order valence-corrected chi connectivity index (χ1v) is 6.46. The lowest BCUT2D eigenvalue weighted by atomic mass is 10.2. The van der Waals surface area contributed by atoms with E-state index in [0.717, 1.165) is 4.88 Å². The van der Waals surface area contributed by atoms with Crippen molar-refractivity contribution in [3.05, 3.63) is 21.3 Å². The first-order chi connectivity index (χ1) is 7.81. The first-order valence-electron chi connectivity index (χ1n) is 5.26. The van der Waals surface area contributed by atoms with Gasteiger partial charge in [0.25, 0.3) is 0 Å². The highest BCUT2D eigenvalue weighted by molar-refractivity contribution is 7.16. The lowest BCUT2D eigenvalue weighted by Crippen LogP contribution is -2.37. The van der Waals surface area contributed by atoms with Gasteiger partial charge in [-0.1, -0.05) is 11.6 Å². The summed E-state index contributed by atoms with van der Waals surface area (Å²) in [6, 6.07) is 3.37. The molecule has 0 fully saturated rings. The average molecular weight is 277 g/mol. The maximum Gasteiger partial charge on any atom is 0.408 e. The highest BCUT2D eigenvalue weighted by atomic mass is 35.5. The van der Waals surface area contributed by atoms with Crippen molar-refractivity contribution in [2.24, 2.45) is 5.73 Å². The normalized spacial score (nSPS) is 13.2. The minimum Gasteiger partial charge on any atom is -0.444 e. The Morgan fingerprint density at radius 1 is 1.59 bits per heavy atom. The molecule has 0 aliphatic rings. The Hall–Kier alpha value is -0.780. The number of carbonyl (C=O) groups excluding carboxylic acids is 1. The van der Waals surface area contributed by atoms with Crippen LogP contribution in [0.25, 0.3) is 0 Å². The molecule has 1 heterocycles. The van der Waals surface area contributed by atoms with E-state index in [-0.39, 0.29) is 6.04 Å². The molecule has 4 nitrogen and oxygen atoms in total. The molecule has 1 aromatic rings. The Labute approximate surface area is 110 Å². The highest BCUT2D eigenvalue weighted by Gasteiger charge is 2.20. The molecule has 0 aromatic carbocycles. The van der Waals surface area contributed by atoms with E-state index in [4.69, 9.17) is 22.1 Å². The summed E-state index contributed by atoms with van der Waals surface area (Å²) in [6.45, 7) is 5.74. The Morgan fingerprint density at radius 2 is 2.24 bits per heavy atom. The Kier molecular flexibility index (Phi) is 4.80. The molecule has 0 aliphatic carbocycles. The summed E-state index contributed by atoms with van der Waals surface area (Å²) in [5.41, 5.74) is 5.10. The van der Waals surface area contributed by atoms with Gasteiger partial charge in [0.1, 0.15) is 5.60 Å². The van der Waals surface area contributed by atoms with Gasteiger partial charge in [-0.15, -0.1) is 11.3 Å². The Balaban J connectivity index is 2.62. The van der Waals surface area contributed by atoms with Gasteiger partial charge in [0.05, 0.1) is 10.4 Å². The maximum atomic E-state index is 11.6. The van der Waals surface area contributed by atoms with Crippen molar-refractivity contribution in [1.29, 1.82) is 0 Å². The van der Waals surface area contributed by atoms with Crippen LogP contribution in [-0.4, -0.2) is 18.2 Å². The molecule has 1 atom stereocenters. The number of ether oxygens (including phenoxy) is 1. The standard InChI is InChI=1S/C11H17ClN2O2S/c1-11(2,3)16-10(15)14-7(6-13)8-4-5-9(12)17-8/h4-5,7H,6,13H2,1-3H3,(H,14,15). The molecule has 3 N–H and O–H groups in total. The maximum absolute atomic E-state index is 11.6. The second-order valence-corrected chi connectivity index (χ2v) is 6.32. The molecule has 96 valence electrons. The lowest BCUT2D eigenvalue weighted by molar-refractivity contribution is 0.0506. The highest BCUT2D eigenvalue weighted by Crippen LogP contribution is 2.26. The van der Waals surface area contributed by atoms with E-state index in [1.54, 1.807) is 6.07 Å². The van der Waals surface area contributed by atoms with Crippen LogP contribution >= 0.6 is 22.9 Å². The van der Waals surface area contributed by atoms with Gasteiger partial charge in [0.2, 0.25) is 0 Å². The number of amides is 1. The number of thiophene rings is 1. The fourth-order valence-electron chi connectivity index (χ4n) is 1.21. The van der Waals surface area contributed by atoms with Crippen LogP contribution in [0.15, 0.2) is 12.1 Å². The van der Waals surface area contributed by atoms with E-state index in [9.17, 15) is 4.79 Å². The van der Waals surface area contributed by atoms with E-state index in [2.05, 4.69) is 5.32 Å². The molecule has 0 spiro atoms. The first kappa shape index (κ1) is 14.3. The fourth-order valence-corrected chi connectivity index (χ4v) is 2.34. The molecule has 0 aliphatic heterocycles. The summed E-state index contributed by atoms with van der Waals surface area (Å²) in [7, 11) is 0. The molecule has 1 unspecified atom stereocenters. The third-order valence-electron chi connectivity index (χ3n) is 1.86. The third kappa shape index (κ3) is 4.93. The van der Waals surface area contributed by atoms with Gasteiger partial charge in [-0.05, 0) is 32.9 Å². The molecule has 0 saturated heterocycles. The zero-order chi connectivity index (χ0) is 13.1. The summed E-state index contributed by atoms with van der Waals surface area (Å²) in [6.07, 6.45) is -0.475.